The summed E-state index contributed by atoms with van der Waals surface area (Å²) in [5, 5.41) is 12.4. The first-order chi connectivity index (χ1) is 7.63. The molecule has 1 saturated carbocycles. The number of likely N-dealkylation sites (N-methyl/N-ethyl adjacent to an activating group) is 1. The first kappa shape index (κ1) is 13.5. The molecule has 3 nitrogen and oxygen atoms in total. The molecule has 92 valence electrons. The van der Waals surface area contributed by atoms with Gasteiger partial charge in [-0.1, -0.05) is 19.3 Å². The topological polar surface area (TPSA) is 39.1 Å². The number of nitrogens with one attached hydrogen (secondary N) is 1. The molecule has 1 unspecified atom stereocenters. The van der Waals surface area contributed by atoms with Gasteiger partial charge in [0.1, 0.15) is 6.04 Å². The second kappa shape index (κ2) is 6.88. The molecule has 1 aliphatic carbocycles. The molecule has 0 spiro atoms. The van der Waals surface area contributed by atoms with E-state index in [1.165, 1.54) is 32.1 Å². The van der Waals surface area contributed by atoms with Gasteiger partial charge >= 0.3 is 0 Å². The van der Waals surface area contributed by atoms with Crippen LogP contribution in [-0.2, 0) is 0 Å². The molecule has 0 saturated heterocycles. The molecule has 0 aliphatic heterocycles. The Balaban J connectivity index is 2.35. The molecule has 0 amide bonds. The highest BCUT2D eigenvalue weighted by Crippen LogP contribution is 2.21. The highest BCUT2D eigenvalue weighted by atomic mass is 15.2. The maximum Gasteiger partial charge on any atom is 0.108 e. The zero-order valence-electron chi connectivity index (χ0n) is 10.9. The van der Waals surface area contributed by atoms with Crippen LogP contribution < -0.4 is 5.32 Å². The van der Waals surface area contributed by atoms with Gasteiger partial charge in [-0.05, 0) is 33.7 Å². The highest BCUT2D eigenvalue weighted by Gasteiger charge is 2.20. The standard InChI is InChI=1S/C13H25N3/c1-11(2)15-12(9-14)10-16(3)13-7-5-4-6-8-13/h11-13,15H,4-8,10H2,1-3H3. The van der Waals surface area contributed by atoms with Crippen LogP contribution in [0.15, 0.2) is 0 Å². The van der Waals surface area contributed by atoms with Crippen molar-refractivity contribution in [2.75, 3.05) is 13.6 Å². The van der Waals surface area contributed by atoms with Crippen molar-refractivity contribution in [2.45, 2.75) is 64.1 Å². The number of hydrogen-bond donors (Lipinski definition) is 1. The molecule has 0 aromatic carbocycles. The van der Waals surface area contributed by atoms with Crippen molar-refractivity contribution in [1.29, 1.82) is 5.26 Å². The Morgan fingerprint density at radius 2 is 1.94 bits per heavy atom. The predicted molar refractivity (Wildman–Crippen MR) is 67.2 cm³/mol. The zero-order chi connectivity index (χ0) is 12.0. The molecule has 0 aromatic heterocycles. The Morgan fingerprint density at radius 1 is 1.31 bits per heavy atom. The van der Waals surface area contributed by atoms with E-state index in [1.807, 2.05) is 0 Å². The van der Waals surface area contributed by atoms with Gasteiger partial charge in [-0.3, -0.25) is 5.32 Å². The number of nitrogens with zero attached hydrogens (tertiary/aromatic N) is 2. The second-order valence-corrected chi connectivity index (χ2v) is 5.23. The quantitative estimate of drug-likeness (QED) is 0.776. The van der Waals surface area contributed by atoms with Crippen LogP contribution in [0.5, 0.6) is 0 Å². The largest absolute Gasteiger partial charge is 0.301 e. The van der Waals surface area contributed by atoms with Crippen LogP contribution in [0.2, 0.25) is 0 Å². The van der Waals surface area contributed by atoms with Gasteiger partial charge in [0.2, 0.25) is 0 Å². The van der Waals surface area contributed by atoms with Crippen molar-refractivity contribution in [2.24, 2.45) is 0 Å². The normalized spacial score (nSPS) is 20.0. The summed E-state index contributed by atoms with van der Waals surface area (Å²) in [6.07, 6.45) is 6.69. The molecule has 0 radical (unpaired) electrons. The van der Waals surface area contributed by atoms with Crippen LogP contribution in [0.25, 0.3) is 0 Å². The van der Waals surface area contributed by atoms with Crippen molar-refractivity contribution in [1.82, 2.24) is 10.2 Å². The fourth-order valence-electron chi connectivity index (χ4n) is 2.49. The van der Waals surface area contributed by atoms with Crippen molar-refractivity contribution in [3.63, 3.8) is 0 Å². The molecular weight excluding hydrogens is 198 g/mol. The summed E-state index contributed by atoms with van der Waals surface area (Å²) in [5.41, 5.74) is 0. The monoisotopic (exact) mass is 223 g/mol. The van der Waals surface area contributed by atoms with E-state index in [-0.39, 0.29) is 6.04 Å². The first-order valence-electron chi connectivity index (χ1n) is 6.49. The highest BCUT2D eigenvalue weighted by molar-refractivity contribution is 4.93. The molecule has 3 heteroatoms. The fraction of sp³-hybridized carbons (Fsp3) is 0.923. The number of nitriles is 1. The molecule has 1 N–H and O–H groups in total. The Morgan fingerprint density at radius 3 is 2.44 bits per heavy atom. The fourth-order valence-corrected chi connectivity index (χ4v) is 2.49. The third-order valence-electron chi connectivity index (χ3n) is 3.36. The van der Waals surface area contributed by atoms with E-state index in [1.54, 1.807) is 0 Å². The van der Waals surface area contributed by atoms with E-state index in [0.29, 0.717) is 12.1 Å². The Labute approximate surface area is 99.8 Å². The van der Waals surface area contributed by atoms with Crippen LogP contribution in [0.1, 0.15) is 46.0 Å². The van der Waals surface area contributed by atoms with Crippen LogP contribution in [0, 0.1) is 11.3 Å². The van der Waals surface area contributed by atoms with E-state index in [0.717, 1.165) is 6.54 Å². The minimum atomic E-state index is -0.0353. The molecule has 1 atom stereocenters. The van der Waals surface area contributed by atoms with Gasteiger partial charge < -0.3 is 4.90 Å². The van der Waals surface area contributed by atoms with Crippen LogP contribution in [0.3, 0.4) is 0 Å². The van der Waals surface area contributed by atoms with Gasteiger partial charge in [-0.15, -0.1) is 0 Å². The molecule has 1 aliphatic rings. The summed E-state index contributed by atoms with van der Waals surface area (Å²) in [5.74, 6) is 0. The average Bonchev–Trinajstić information content (AvgIpc) is 2.28. The second-order valence-electron chi connectivity index (χ2n) is 5.23. The van der Waals surface area contributed by atoms with Crippen LogP contribution >= 0.6 is 0 Å². The van der Waals surface area contributed by atoms with E-state index < -0.39 is 0 Å². The summed E-state index contributed by atoms with van der Waals surface area (Å²) >= 11 is 0. The van der Waals surface area contributed by atoms with Crippen LogP contribution in [-0.4, -0.2) is 36.6 Å². The SMILES string of the molecule is CC(C)NC(C#N)CN(C)C1CCCCC1. The van der Waals surface area contributed by atoms with E-state index >= 15 is 0 Å². The van der Waals surface area contributed by atoms with Crippen molar-refractivity contribution >= 4 is 0 Å². The van der Waals surface area contributed by atoms with Gasteiger partial charge in [0.25, 0.3) is 0 Å². The summed E-state index contributed by atoms with van der Waals surface area (Å²) in [7, 11) is 2.16. The van der Waals surface area contributed by atoms with Gasteiger partial charge in [0, 0.05) is 18.6 Å². The smallest absolute Gasteiger partial charge is 0.108 e. The summed E-state index contributed by atoms with van der Waals surface area (Å²) in [6, 6.07) is 3.39. The summed E-state index contributed by atoms with van der Waals surface area (Å²) in [6.45, 7) is 5.02. The number of rotatable bonds is 5. The van der Waals surface area contributed by atoms with E-state index in [9.17, 15) is 0 Å². The van der Waals surface area contributed by atoms with Gasteiger partial charge in [-0.2, -0.15) is 5.26 Å². The van der Waals surface area contributed by atoms with Crippen LogP contribution in [0.4, 0.5) is 0 Å². The summed E-state index contributed by atoms with van der Waals surface area (Å²) < 4.78 is 0. The molecule has 0 aromatic rings. The van der Waals surface area contributed by atoms with Crippen molar-refractivity contribution < 1.29 is 0 Å². The Kier molecular flexibility index (Phi) is 5.79. The molecule has 1 rings (SSSR count). The van der Waals surface area contributed by atoms with Crippen molar-refractivity contribution in [3.8, 4) is 6.07 Å². The van der Waals surface area contributed by atoms with Gasteiger partial charge in [-0.25, -0.2) is 0 Å². The van der Waals surface area contributed by atoms with E-state index in [2.05, 4.69) is 37.2 Å². The molecule has 0 heterocycles. The third-order valence-corrected chi connectivity index (χ3v) is 3.36. The Hall–Kier alpha value is -0.590. The number of hydrogen-bond acceptors (Lipinski definition) is 3. The maximum atomic E-state index is 9.08. The Bertz CT molecular complexity index is 226. The van der Waals surface area contributed by atoms with Crippen molar-refractivity contribution in [3.05, 3.63) is 0 Å². The first-order valence-corrected chi connectivity index (χ1v) is 6.49. The molecule has 16 heavy (non-hydrogen) atoms. The lowest BCUT2D eigenvalue weighted by Crippen LogP contribution is -2.45. The molecule has 1 fully saturated rings. The lowest BCUT2D eigenvalue weighted by atomic mass is 9.94. The predicted octanol–water partition coefficient (Wildman–Crippen LogP) is 2.14. The minimum Gasteiger partial charge on any atom is -0.301 e. The maximum absolute atomic E-state index is 9.08. The average molecular weight is 223 g/mol. The third kappa shape index (κ3) is 4.51. The van der Waals surface area contributed by atoms with E-state index in [4.69, 9.17) is 5.26 Å². The zero-order valence-corrected chi connectivity index (χ0v) is 10.9. The molecule has 0 bridgehead atoms. The lowest BCUT2D eigenvalue weighted by Gasteiger charge is -2.32. The lowest BCUT2D eigenvalue weighted by molar-refractivity contribution is 0.181. The summed E-state index contributed by atoms with van der Waals surface area (Å²) in [4.78, 5) is 2.36. The minimum absolute atomic E-state index is 0.0353. The van der Waals surface area contributed by atoms with Gasteiger partial charge in [0.15, 0.2) is 0 Å². The molecular formula is C13H25N3. The van der Waals surface area contributed by atoms with Gasteiger partial charge in [0.05, 0.1) is 6.07 Å².